The summed E-state index contributed by atoms with van der Waals surface area (Å²) in [5.41, 5.74) is 0.394. The first-order valence-corrected chi connectivity index (χ1v) is 50.6. The summed E-state index contributed by atoms with van der Waals surface area (Å²) < 4.78 is 18.6. The molecule has 1 aliphatic carbocycles. The van der Waals surface area contributed by atoms with Gasteiger partial charge >= 0.3 is 11.9 Å². The summed E-state index contributed by atoms with van der Waals surface area (Å²) in [4.78, 5) is 209. The van der Waals surface area contributed by atoms with Crippen molar-refractivity contribution in [3.05, 3.63) is 200 Å². The van der Waals surface area contributed by atoms with Gasteiger partial charge in [-0.25, -0.2) is 34.5 Å². The number of esters is 2. The van der Waals surface area contributed by atoms with Crippen molar-refractivity contribution in [2.45, 2.75) is 196 Å². The van der Waals surface area contributed by atoms with Gasteiger partial charge in [-0.2, -0.15) is 11.8 Å². The number of carbonyl (C=O) groups excluding carboxylic acids is 12. The molecule has 1 unspecified atom stereocenters. The number of nitrogens with one attached hydrogen (secondary N) is 12. The topological polar surface area (TPSA) is 634 Å². The Bertz CT molecular complexity index is 6470. The highest BCUT2D eigenvalue weighted by atomic mass is 32.2. The molecule has 0 saturated heterocycles. The number of aliphatic hydroxyl groups is 5. The molecule has 0 fully saturated rings. The largest absolute Gasteiger partial charge is 0.508 e. The van der Waals surface area contributed by atoms with E-state index in [0.717, 1.165) is 57.1 Å². The molecule has 11 heterocycles. The quantitative estimate of drug-likeness (QED) is 0.0270. The van der Waals surface area contributed by atoms with Gasteiger partial charge in [0.15, 0.2) is 10.7 Å². The second kappa shape index (κ2) is 42.1. The molecular weight excluding hydrogens is 1960 g/mol. The van der Waals surface area contributed by atoms with Crippen molar-refractivity contribution in [2.24, 2.45) is 21.6 Å². The number of rotatable bonds is 16. The van der Waals surface area contributed by atoms with E-state index in [9.17, 15) is 78.9 Å². The van der Waals surface area contributed by atoms with Crippen molar-refractivity contribution in [1.29, 1.82) is 0 Å². The summed E-state index contributed by atoms with van der Waals surface area (Å²) in [7, 11) is 0. The number of thiazole rings is 4. The number of aromatic hydroxyl groups is 2. The van der Waals surface area contributed by atoms with Crippen LogP contribution in [-0.4, -0.2) is 238 Å². The first-order chi connectivity index (χ1) is 67.0. The number of benzene rings is 3. The van der Waals surface area contributed by atoms with Crippen molar-refractivity contribution in [3.8, 4) is 23.0 Å². The van der Waals surface area contributed by atoms with Crippen molar-refractivity contribution >= 4 is 180 Å². The third-order valence-electron chi connectivity index (χ3n) is 24.9. The molecule has 1 spiro atoms. The van der Waals surface area contributed by atoms with Gasteiger partial charge in [-0.15, -0.1) is 57.1 Å². The van der Waals surface area contributed by atoms with E-state index in [4.69, 9.17) is 52.1 Å². The molecule has 49 heteroatoms. The van der Waals surface area contributed by atoms with E-state index >= 15 is 14.4 Å². The molecule has 42 nitrogen and oxygen atoms in total. The van der Waals surface area contributed by atoms with E-state index in [0.29, 0.717) is 34.6 Å². The molecule has 18 atom stereocenters. The average molecular weight is 2060 g/mol. The summed E-state index contributed by atoms with van der Waals surface area (Å²) >= 11 is 11.3. The lowest BCUT2D eigenvalue weighted by Crippen LogP contribution is -2.57. The van der Waals surface area contributed by atoms with Gasteiger partial charge in [0.1, 0.15) is 143 Å². The normalized spacial score (nSPS) is 25.1. The fourth-order valence-electron chi connectivity index (χ4n) is 16.6. The van der Waals surface area contributed by atoms with Gasteiger partial charge in [0.05, 0.1) is 64.5 Å². The maximum absolute atomic E-state index is 15.6. The SMILES string of the molecule is C=C1NC(=O)[C@H](C)NC(=O)[C@H]([C@@H](C)CC)N[C@@H]2C=Cc3c([C@H](C)O)cc(nc3[C@H]2O)C(=O)O[C@H](C)[C@@H]2NC(=O)c3csc(n3)[C@H]([C@](C)(O)[C@@H](C)O)NC(=O)[C@H]3CSC(=N3)/C(=C/C)NC(=O)[C@H]([C@@H](C)O)NC(=O)c3csc(n3)[C@]3(CCC(c4nc(C(=O)NC(CSCCNC(=S)Nc5ccc6c(c5)C(=O)OC65c6ccc(O)cc6Oc6cc(O)ccc65)C(N)=O)cs4)=N[C@@H]3c3csc2n3)NC(=O)[C@H](C)NC1=O. The zero-order valence-electron chi connectivity index (χ0n) is 77.0. The summed E-state index contributed by atoms with van der Waals surface area (Å²) in [6.45, 7) is 18.3. The molecule has 7 aliphatic rings. The molecule has 6 aliphatic heterocycles. The Morgan fingerprint density at radius 3 is 2.12 bits per heavy atom. The van der Waals surface area contributed by atoms with Crippen LogP contribution in [0.1, 0.15) is 230 Å². The number of allylic oxidation sites excluding steroid dienone is 1. The smallest absolute Gasteiger partial charge is 0.357 e. The molecule has 13 bridgehead atoms. The fraction of sp³-hybridized carbons (Fsp3) is 0.391. The van der Waals surface area contributed by atoms with Crippen molar-refractivity contribution in [2.75, 3.05) is 29.1 Å². The van der Waals surface area contributed by atoms with E-state index in [1.807, 2.05) is 0 Å². The Kier molecular flexibility index (Phi) is 30.6. The van der Waals surface area contributed by atoms with E-state index in [1.54, 1.807) is 63.3 Å². The molecule has 21 N–H and O–H groups in total. The number of hydrogen-bond acceptors (Lipinski definition) is 37. The second-order valence-corrected chi connectivity index (χ2v) is 40.8. The van der Waals surface area contributed by atoms with Crippen LogP contribution in [0.2, 0.25) is 0 Å². The maximum atomic E-state index is 15.6. The predicted molar refractivity (Wildman–Crippen MR) is 525 cm³/mol. The highest BCUT2D eigenvalue weighted by Gasteiger charge is 2.56. The summed E-state index contributed by atoms with van der Waals surface area (Å²) in [6, 6.07) is 0.787. The predicted octanol–water partition coefficient (Wildman–Crippen LogP) is 4.70. The zero-order chi connectivity index (χ0) is 101. The molecule has 141 heavy (non-hydrogen) atoms. The minimum Gasteiger partial charge on any atom is -0.508 e. The van der Waals surface area contributed by atoms with Crippen LogP contribution in [0.15, 0.2) is 122 Å². The second-order valence-electron chi connectivity index (χ2n) is 34.7. The van der Waals surface area contributed by atoms with Crippen LogP contribution in [-0.2, 0) is 54.2 Å². The number of aliphatic hydroxyl groups excluding tert-OH is 4. The molecule has 5 aromatic heterocycles. The van der Waals surface area contributed by atoms with Crippen LogP contribution < -0.4 is 74.3 Å². The Labute approximate surface area is 834 Å². The molecule has 742 valence electrons. The number of pyridine rings is 1. The fourth-order valence-corrected chi connectivity index (χ4v) is 22.6. The highest BCUT2D eigenvalue weighted by molar-refractivity contribution is 8.14. The van der Waals surface area contributed by atoms with Crippen molar-refractivity contribution in [1.82, 2.24) is 83.4 Å². The van der Waals surface area contributed by atoms with Gasteiger partial charge in [0, 0.05) is 85.4 Å². The van der Waals surface area contributed by atoms with Crippen LogP contribution >= 0.6 is 81.1 Å². The summed E-state index contributed by atoms with van der Waals surface area (Å²) in [5.74, 6) is -11.2. The summed E-state index contributed by atoms with van der Waals surface area (Å²) in [6.07, 6.45) is -3.28. The number of amides is 10. The van der Waals surface area contributed by atoms with E-state index in [2.05, 4.69) is 85.3 Å². The van der Waals surface area contributed by atoms with Crippen LogP contribution in [0.25, 0.3) is 6.08 Å². The molecule has 0 radical (unpaired) electrons. The van der Waals surface area contributed by atoms with Gasteiger partial charge in [0.2, 0.25) is 35.4 Å². The van der Waals surface area contributed by atoms with Gasteiger partial charge in [-0.1, -0.05) is 51.1 Å². The van der Waals surface area contributed by atoms with Crippen LogP contribution in [0.5, 0.6) is 23.0 Å². The van der Waals surface area contributed by atoms with Gasteiger partial charge in [-0.3, -0.25) is 63.2 Å². The minimum atomic E-state index is -2.23. The molecule has 3 aromatic carbocycles. The molecule has 0 saturated carbocycles. The number of nitrogens with zero attached hydrogens (tertiary/aromatic N) is 7. The minimum absolute atomic E-state index is 0.0259. The number of ether oxygens (including phenoxy) is 3. The Balaban J connectivity index is 0.776. The molecule has 10 amide bonds. The number of nitrogens with two attached hydrogens (primary N) is 1. The van der Waals surface area contributed by atoms with Crippen molar-refractivity contribution < 1.29 is 107 Å². The number of phenols is 2. The highest BCUT2D eigenvalue weighted by Crippen LogP contribution is 2.58. The summed E-state index contributed by atoms with van der Waals surface area (Å²) in [5, 5.41) is 118. The van der Waals surface area contributed by atoms with E-state index < -0.39 is 202 Å². The lowest BCUT2D eigenvalue weighted by Gasteiger charge is -2.41. The van der Waals surface area contributed by atoms with Crippen LogP contribution in [0.3, 0.4) is 0 Å². The number of anilines is 1. The third kappa shape index (κ3) is 21.2. The van der Waals surface area contributed by atoms with E-state index in [1.165, 1.54) is 118 Å². The van der Waals surface area contributed by atoms with Gasteiger partial charge in [0.25, 0.3) is 23.6 Å². The number of aromatic nitrogens is 5. The monoisotopic (exact) mass is 2060 g/mol. The number of aliphatic imine (C=N–C) groups is 2. The average Bonchev–Trinajstić information content (AvgIpc) is 1.56. The first-order valence-electron chi connectivity index (χ1n) is 44.5. The van der Waals surface area contributed by atoms with Crippen LogP contribution in [0.4, 0.5) is 5.69 Å². The number of hydrogen-bond donors (Lipinski definition) is 20. The van der Waals surface area contributed by atoms with Gasteiger partial charge < -0.3 is 114 Å². The Hall–Kier alpha value is -12.9. The van der Waals surface area contributed by atoms with Gasteiger partial charge in [-0.05, 0) is 134 Å². The number of primary amides is 1. The molecule has 8 aromatic rings. The number of thiocarbonyl (C=S) groups is 1. The lowest BCUT2D eigenvalue weighted by molar-refractivity contribution is -0.131. The number of fused-ring (bicyclic) bond motifs is 13. The Morgan fingerprint density at radius 1 is 0.745 bits per heavy atom. The number of carbonyl (C=O) groups is 12. The lowest BCUT2D eigenvalue weighted by atomic mass is 9.77. The maximum Gasteiger partial charge on any atom is 0.357 e. The van der Waals surface area contributed by atoms with Crippen LogP contribution in [0, 0.1) is 5.92 Å². The third-order valence-corrected chi connectivity index (χ3v) is 31.0. The Morgan fingerprint density at radius 2 is 1.43 bits per heavy atom. The number of phenolic OH excluding ortho intramolecular Hbond substituents is 2. The standard InChI is InChI=1S/C92H100N20O22S7/c1-12-36(3)65-80(127)97-38(5)74(121)95-37(4)73(120)96-39(6)75(122)112-91-23-22-55(83-106-59(32-138-83)76(123)103-58(72(93)119)30-136-25-24-94-89(135)98-44-14-18-50-49(26-44)86(129)134-92(50)51-19-15-45(116)27-63(51)133-64-28-46(117)16-20-52(64)92)101-70(91)57-31-139-84(104-57)67(42(9)132-87(130)56-29-48(40(7)113)47-17-21-54(99-65)69(118)68(47)100-56)110-77(124)60-34-140-85(107-60)71(90(11,131)43(10)115)111-79(126)61-33-137-82(105-61)53(13-2)102-81(128)66(41(8)114)109-78(125)62-35-141-88(91)108-62/h13-21,26-29,31-32,34-36,38-43,54,58,61,65-67,69-71,99,113-118,131H,4,12,22-25,30,33H2,1-3,5-11H3,(H2,93,119)(H,95,121)(H,96,120)(H,97,127)(H,102,128)(H,103,123)(H,109,125)(H,110,124)(H,111,126)(H,112,122)(H2,94,98,135)/b53-13-/t36-,38-,39-,40-,41+,42+,43+,54+,58?,61+,65-,66-,67-,69-,70+,71+,90+,91+/m0/s1. The molecular formula is C92H100N20O22S7. The first kappa shape index (κ1) is 102. The molecule has 15 rings (SSSR count). The van der Waals surface area contributed by atoms with E-state index in [-0.39, 0.29) is 135 Å². The zero-order valence-corrected chi connectivity index (χ0v) is 82.7. The number of thioether (sulfide) groups is 2. The number of cyclic esters (lactones) is 1. The van der Waals surface area contributed by atoms with Crippen molar-refractivity contribution in [3.63, 3.8) is 0 Å².